The van der Waals surface area contributed by atoms with Crippen LogP contribution in [0.2, 0.25) is 0 Å². The van der Waals surface area contributed by atoms with Crippen LogP contribution in [0.3, 0.4) is 0 Å². The van der Waals surface area contributed by atoms with E-state index in [9.17, 15) is 38.7 Å². The minimum atomic E-state index is -1.81. The van der Waals surface area contributed by atoms with Gasteiger partial charge in [0.25, 0.3) is 5.91 Å². The maximum absolute atomic E-state index is 16.5. The molecular weight excluding hydrogens is 1230 g/mol. The number of hydrogen-bond donors (Lipinski definition) is 5. The number of thioether (sulfide) groups is 1. The van der Waals surface area contributed by atoms with Crippen LogP contribution in [-0.2, 0) is 52.7 Å². The molecule has 11 amide bonds. The largest absolute Gasteiger partial charge is 0.390 e. The third-order valence-corrected chi connectivity index (χ3v) is 21.0. The number of likely N-dealkylation sites (N-methyl/N-ethyl adjacent to an activating group) is 7. The first kappa shape index (κ1) is 85.3. The van der Waals surface area contributed by atoms with E-state index in [-0.39, 0.29) is 67.1 Å². The molecule has 0 radical (unpaired) electrons. The van der Waals surface area contributed by atoms with Gasteiger partial charge < -0.3 is 65.6 Å². The topological polar surface area (TPSA) is 282 Å². The van der Waals surface area contributed by atoms with Crippen molar-refractivity contribution < 1.29 is 57.8 Å². The van der Waals surface area contributed by atoms with E-state index < -0.39 is 155 Å². The molecule has 0 aromatic carbocycles. The summed E-state index contributed by atoms with van der Waals surface area (Å²) in [5, 5.41) is 23.5. The molecule has 2 aliphatic heterocycles. The van der Waals surface area contributed by atoms with Crippen LogP contribution in [0.15, 0.2) is 12.2 Å². The van der Waals surface area contributed by atoms with Crippen molar-refractivity contribution in [2.24, 2.45) is 41.4 Å². The predicted octanol–water partition coefficient (Wildman–Crippen LogP) is 5.20. The molecule has 2 saturated heterocycles. The molecule has 2 heterocycles. The number of aliphatic hydroxyl groups is 1. The lowest BCUT2D eigenvalue weighted by atomic mass is 9.91. The van der Waals surface area contributed by atoms with E-state index in [2.05, 4.69) is 40.0 Å². The molecule has 0 saturated carbocycles. The molecule has 0 bridgehead atoms. The zero-order chi connectivity index (χ0) is 73.2. The van der Waals surface area contributed by atoms with Crippen molar-refractivity contribution in [3.05, 3.63) is 12.2 Å². The molecule has 95 heavy (non-hydrogen) atoms. The number of likely N-dealkylation sites (tertiary alicyclic amines) is 1. The molecule has 0 unspecified atom stereocenters. The minimum Gasteiger partial charge on any atom is -0.390 e. The van der Waals surface area contributed by atoms with Crippen LogP contribution < -0.4 is 21.3 Å². The average molecular weight is 1360 g/mol. The van der Waals surface area contributed by atoms with Gasteiger partial charge >= 0.3 is 0 Å². The minimum absolute atomic E-state index is 0.0152. The van der Waals surface area contributed by atoms with Gasteiger partial charge in [0.1, 0.15) is 54.4 Å². The van der Waals surface area contributed by atoms with Gasteiger partial charge in [-0.3, -0.25) is 52.7 Å². The third-order valence-electron chi connectivity index (χ3n) is 18.9. The monoisotopic (exact) mass is 1360 g/mol. The quantitative estimate of drug-likeness (QED) is 0.110. The molecule has 24 nitrogen and oxygen atoms in total. The van der Waals surface area contributed by atoms with Gasteiger partial charge in [-0.05, 0) is 141 Å². The van der Waals surface area contributed by atoms with Crippen molar-refractivity contribution in [3.63, 3.8) is 0 Å². The molecule has 0 spiro atoms. The molecule has 2 fully saturated rings. The van der Waals surface area contributed by atoms with Gasteiger partial charge in [-0.15, -0.1) is 11.8 Å². The lowest BCUT2D eigenvalue weighted by Crippen LogP contribution is -2.68. The average Bonchev–Trinajstić information content (AvgIpc) is 0.752. The second-order valence-electron chi connectivity index (χ2n) is 29.6. The summed E-state index contributed by atoms with van der Waals surface area (Å²) in [4.78, 5) is 174. The standard InChI is InChI=1S/C70H126N12O12S/c1-27-29-30-47(17)59(84)58-63(88)73-51(28-2)65(90)75(20)39-56(83)76(21)52(35-40(3)4)62(87)74-57(44(11)12)68(93)77(22)53(36-41(5)6)61(86)71-48(18)60(85)72-49(19)64(89)78(23)54(37-42(7)8)66(91)79(24)55(38-43(9)10)67(92)81(26)70(45(13)14,69(94)80(58)25)95-50-31-33-82(34-32-50)46(15)16/h27,29,40-55,57-59,84H,28,30-39H2,1-26H3,(H,71,86)(H,72,85)(H,73,88)(H,74,87)/b29-27+/t47-,48+,49-,51+,52+,53+,54+,55+,57+,58+,59-,70+/m1/s1. The summed E-state index contributed by atoms with van der Waals surface area (Å²) >= 11 is 1.33. The van der Waals surface area contributed by atoms with Crippen LogP contribution in [-0.4, -0.2) is 255 Å². The highest BCUT2D eigenvalue weighted by molar-refractivity contribution is 8.02. The summed E-state index contributed by atoms with van der Waals surface area (Å²) in [5.41, 5.74) is 0. The number of nitrogens with one attached hydrogen (secondary N) is 4. The smallest absolute Gasteiger partial charge is 0.259 e. The van der Waals surface area contributed by atoms with Crippen molar-refractivity contribution in [3.8, 4) is 0 Å². The summed E-state index contributed by atoms with van der Waals surface area (Å²) in [5.74, 6) is -9.80. The van der Waals surface area contributed by atoms with Gasteiger partial charge in [0.2, 0.25) is 59.1 Å². The molecule has 0 aromatic heterocycles. The Morgan fingerprint density at radius 2 is 0.989 bits per heavy atom. The predicted molar refractivity (Wildman–Crippen MR) is 375 cm³/mol. The number of carbonyl (C=O) groups is 11. The molecule has 12 atom stereocenters. The number of carbonyl (C=O) groups excluding carboxylic acids is 11. The number of rotatable bonds is 18. The summed E-state index contributed by atoms with van der Waals surface area (Å²) < 4.78 is 0. The van der Waals surface area contributed by atoms with Crippen LogP contribution in [0.4, 0.5) is 0 Å². The van der Waals surface area contributed by atoms with Crippen molar-refractivity contribution in [2.75, 3.05) is 69.0 Å². The fourth-order valence-corrected chi connectivity index (χ4v) is 14.4. The van der Waals surface area contributed by atoms with E-state index >= 15 is 19.2 Å². The summed E-state index contributed by atoms with van der Waals surface area (Å²) in [7, 11) is 10.2. The SMILES string of the molecule is C/C=C/C[C@@H](C)[C@@H](O)[C@H]1C(=O)N[C@@H](CC)C(=O)N(C)CC(=O)N(C)[C@@H](CC(C)C)C(=O)N[C@@H](C(C)C)C(=O)N(C)[C@@H](CC(C)C)C(=O)N[C@@H](C)C(=O)N[C@H](C)C(=O)N(C)[C@@H](CC(C)C)C(=O)N(C)[C@@H](CC(C)C)C(=O)N(C)[C@](SC2CCN(C(C)C)CC2)(C(C)C)C(=O)N1C. The van der Waals surface area contributed by atoms with E-state index in [0.29, 0.717) is 32.4 Å². The zero-order valence-corrected chi connectivity index (χ0v) is 63.6. The number of allylic oxidation sites excluding steroid dienone is 2. The first-order valence-electron chi connectivity index (χ1n) is 34.7. The fourth-order valence-electron chi connectivity index (χ4n) is 12.6. The Labute approximate surface area is 574 Å². The van der Waals surface area contributed by atoms with Crippen molar-refractivity contribution in [1.82, 2.24) is 60.5 Å². The van der Waals surface area contributed by atoms with E-state index in [1.807, 2.05) is 88.3 Å². The summed E-state index contributed by atoms with van der Waals surface area (Å²) in [6.45, 7) is 35.5. The normalized spacial score (nSPS) is 27.6. The number of piperidine rings is 1. The second kappa shape index (κ2) is 38.4. The molecule has 2 aliphatic rings. The lowest BCUT2D eigenvalue weighted by molar-refractivity contribution is -0.159. The first-order valence-corrected chi connectivity index (χ1v) is 35.6. The van der Waals surface area contributed by atoms with E-state index in [0.717, 1.165) is 4.90 Å². The highest BCUT2D eigenvalue weighted by atomic mass is 32.2. The Balaban J connectivity index is 3.17. The third kappa shape index (κ3) is 22.9. The molecule has 544 valence electrons. The number of nitrogens with zero attached hydrogens (tertiary/aromatic N) is 8. The van der Waals surface area contributed by atoms with Crippen molar-refractivity contribution in [2.45, 2.75) is 260 Å². The molecule has 5 N–H and O–H groups in total. The molecule has 25 heteroatoms. The van der Waals surface area contributed by atoms with Crippen molar-refractivity contribution >= 4 is 76.7 Å². The second-order valence-corrected chi connectivity index (χ2v) is 31.1. The van der Waals surface area contributed by atoms with E-state index in [1.54, 1.807) is 34.7 Å². The van der Waals surface area contributed by atoms with Crippen LogP contribution in [0, 0.1) is 41.4 Å². The summed E-state index contributed by atoms with van der Waals surface area (Å²) in [6.07, 6.45) is 4.31. The van der Waals surface area contributed by atoms with Crippen molar-refractivity contribution in [1.29, 1.82) is 0 Å². The zero-order valence-electron chi connectivity index (χ0n) is 62.8. The first-order chi connectivity index (χ1) is 44.0. The maximum Gasteiger partial charge on any atom is 0.259 e. The Morgan fingerprint density at radius 1 is 0.537 bits per heavy atom. The number of hydrogen-bond acceptors (Lipinski definition) is 14. The fraction of sp³-hybridized carbons (Fsp3) is 0.814. The van der Waals surface area contributed by atoms with E-state index in [1.165, 1.54) is 97.3 Å². The maximum atomic E-state index is 16.5. The Morgan fingerprint density at radius 3 is 1.45 bits per heavy atom. The summed E-state index contributed by atoms with van der Waals surface area (Å²) in [6, 6.07) is -11.0. The van der Waals surface area contributed by atoms with Gasteiger partial charge in [0.15, 0.2) is 4.87 Å². The molecular formula is C70H126N12O12S. The van der Waals surface area contributed by atoms with Crippen LogP contribution in [0.1, 0.15) is 183 Å². The number of aliphatic hydroxyl groups excluding tert-OH is 1. The van der Waals surface area contributed by atoms with Gasteiger partial charge in [-0.1, -0.05) is 109 Å². The van der Waals surface area contributed by atoms with Gasteiger partial charge in [-0.25, -0.2) is 0 Å². The highest BCUT2D eigenvalue weighted by Gasteiger charge is 2.55. The Kier molecular flexibility index (Phi) is 34.4. The van der Waals surface area contributed by atoms with E-state index in [4.69, 9.17) is 0 Å². The van der Waals surface area contributed by atoms with Crippen LogP contribution in [0.5, 0.6) is 0 Å². The molecule has 2 rings (SSSR count). The highest BCUT2D eigenvalue weighted by Crippen LogP contribution is 2.45. The Bertz CT molecular complexity index is 2630. The van der Waals surface area contributed by atoms with Gasteiger partial charge in [0, 0.05) is 60.6 Å². The number of amides is 11. The van der Waals surface area contributed by atoms with Crippen LogP contribution in [0.25, 0.3) is 0 Å². The molecule has 0 aromatic rings. The van der Waals surface area contributed by atoms with Gasteiger partial charge in [0.05, 0.1) is 12.6 Å². The van der Waals surface area contributed by atoms with Gasteiger partial charge in [-0.2, -0.15) is 0 Å². The lowest BCUT2D eigenvalue weighted by Gasteiger charge is -2.50. The Hall–Kier alpha value is -5.82. The molecule has 0 aliphatic carbocycles. The van der Waals surface area contributed by atoms with Crippen LogP contribution >= 0.6 is 11.8 Å².